The molecular weight excluding hydrogens is 448 g/mol. The predicted octanol–water partition coefficient (Wildman–Crippen LogP) is 2.41. The number of fused-ring (bicyclic) bond motifs is 1. The molecule has 1 amide bonds. The molecule has 0 aromatic carbocycles. The molecule has 0 bridgehead atoms. The summed E-state index contributed by atoms with van der Waals surface area (Å²) in [7, 11) is 0. The van der Waals surface area contributed by atoms with Crippen molar-refractivity contribution in [2.45, 2.75) is 39.8 Å². The van der Waals surface area contributed by atoms with E-state index in [-0.39, 0.29) is 30.3 Å². The summed E-state index contributed by atoms with van der Waals surface area (Å²) in [6, 6.07) is 8.57. The molecular formula is C25H28N6O4. The molecule has 0 unspecified atom stereocenters. The first-order chi connectivity index (χ1) is 17.0. The van der Waals surface area contributed by atoms with Crippen molar-refractivity contribution in [3.05, 3.63) is 75.3 Å². The number of anilines is 1. The second-order valence-electron chi connectivity index (χ2n) is 8.16. The number of aliphatic hydroxyl groups excluding tert-OH is 1. The molecule has 0 spiro atoms. The molecule has 4 heterocycles. The van der Waals surface area contributed by atoms with Gasteiger partial charge in [-0.1, -0.05) is 13.8 Å². The minimum absolute atomic E-state index is 0.0761. The van der Waals surface area contributed by atoms with Crippen LogP contribution < -0.4 is 16.1 Å². The SMILES string of the molecule is CCCn1c(=O)c2[nH]c(-c3ccc(N(CCO)C(=O)c4cccnc4)nc3)cc2n(CCC)c1=O. The Bertz CT molecular complexity index is 1440. The van der Waals surface area contributed by atoms with Crippen LogP contribution in [-0.4, -0.2) is 48.3 Å². The Labute approximate surface area is 201 Å². The lowest BCUT2D eigenvalue weighted by Crippen LogP contribution is -2.39. The number of aliphatic hydroxyl groups is 1. The minimum Gasteiger partial charge on any atom is -0.395 e. The molecule has 10 heteroatoms. The van der Waals surface area contributed by atoms with Gasteiger partial charge < -0.3 is 10.1 Å². The van der Waals surface area contributed by atoms with Crippen molar-refractivity contribution >= 4 is 22.8 Å². The zero-order valence-electron chi connectivity index (χ0n) is 19.8. The van der Waals surface area contributed by atoms with Crippen molar-refractivity contribution in [2.75, 3.05) is 18.1 Å². The van der Waals surface area contributed by atoms with Crippen molar-refractivity contribution in [3.63, 3.8) is 0 Å². The first kappa shape index (κ1) is 24.1. The summed E-state index contributed by atoms with van der Waals surface area (Å²) in [6.07, 6.45) is 6.06. The van der Waals surface area contributed by atoms with E-state index in [1.54, 1.807) is 47.3 Å². The van der Waals surface area contributed by atoms with Crippen LogP contribution in [0, 0.1) is 0 Å². The van der Waals surface area contributed by atoms with E-state index in [9.17, 15) is 19.5 Å². The van der Waals surface area contributed by atoms with Gasteiger partial charge in [-0.2, -0.15) is 0 Å². The molecule has 182 valence electrons. The number of H-pyrrole nitrogens is 1. The summed E-state index contributed by atoms with van der Waals surface area (Å²) in [6.45, 7) is 4.61. The number of aryl methyl sites for hydroxylation is 1. The number of nitrogens with one attached hydrogen (secondary N) is 1. The van der Waals surface area contributed by atoms with Crippen LogP contribution in [0.4, 0.5) is 5.82 Å². The fourth-order valence-electron chi connectivity index (χ4n) is 4.08. The fraction of sp³-hybridized carbons (Fsp3) is 0.320. The van der Waals surface area contributed by atoms with E-state index in [4.69, 9.17) is 0 Å². The first-order valence-electron chi connectivity index (χ1n) is 11.7. The second kappa shape index (κ2) is 10.5. The van der Waals surface area contributed by atoms with Crippen molar-refractivity contribution in [3.8, 4) is 11.3 Å². The molecule has 0 aliphatic rings. The lowest BCUT2D eigenvalue weighted by Gasteiger charge is -2.20. The van der Waals surface area contributed by atoms with E-state index >= 15 is 0 Å². The highest BCUT2D eigenvalue weighted by molar-refractivity contribution is 6.05. The Kier molecular flexibility index (Phi) is 7.21. The molecule has 0 atom stereocenters. The van der Waals surface area contributed by atoms with E-state index in [0.29, 0.717) is 53.2 Å². The molecule has 4 aromatic rings. The van der Waals surface area contributed by atoms with Gasteiger partial charge in [0.05, 0.1) is 24.2 Å². The number of nitrogens with zero attached hydrogens (tertiary/aromatic N) is 5. The molecule has 10 nitrogen and oxygen atoms in total. The van der Waals surface area contributed by atoms with Gasteiger partial charge in [-0.25, -0.2) is 9.78 Å². The maximum Gasteiger partial charge on any atom is 0.331 e. The molecule has 2 N–H and O–H groups in total. The van der Waals surface area contributed by atoms with Crippen LogP contribution in [0.3, 0.4) is 0 Å². The predicted molar refractivity (Wildman–Crippen MR) is 134 cm³/mol. The average molecular weight is 477 g/mol. The smallest absolute Gasteiger partial charge is 0.331 e. The van der Waals surface area contributed by atoms with E-state index < -0.39 is 0 Å². The summed E-state index contributed by atoms with van der Waals surface area (Å²) in [4.78, 5) is 51.8. The molecule has 0 saturated heterocycles. The summed E-state index contributed by atoms with van der Waals surface area (Å²) < 4.78 is 2.90. The van der Waals surface area contributed by atoms with Gasteiger partial charge in [0.25, 0.3) is 11.5 Å². The van der Waals surface area contributed by atoms with Crippen molar-refractivity contribution in [1.82, 2.24) is 24.1 Å². The molecule has 0 aliphatic heterocycles. The number of amides is 1. The fourth-order valence-corrected chi connectivity index (χ4v) is 4.08. The van der Waals surface area contributed by atoms with Gasteiger partial charge >= 0.3 is 5.69 Å². The maximum atomic E-state index is 13.0. The van der Waals surface area contributed by atoms with E-state index in [0.717, 1.165) is 6.42 Å². The van der Waals surface area contributed by atoms with Gasteiger partial charge in [-0.05, 0) is 43.2 Å². The molecule has 0 fully saturated rings. The summed E-state index contributed by atoms with van der Waals surface area (Å²) in [5.74, 6) is 0.0547. The number of carbonyl (C=O) groups is 1. The van der Waals surface area contributed by atoms with Gasteiger partial charge in [-0.15, -0.1) is 0 Å². The number of carbonyl (C=O) groups excluding carboxylic acids is 1. The van der Waals surface area contributed by atoms with Crippen molar-refractivity contribution < 1.29 is 9.90 Å². The summed E-state index contributed by atoms with van der Waals surface area (Å²) >= 11 is 0. The maximum absolute atomic E-state index is 13.0. The molecule has 0 radical (unpaired) electrons. The quantitative estimate of drug-likeness (QED) is 0.382. The molecule has 35 heavy (non-hydrogen) atoms. The minimum atomic E-state index is -0.341. The van der Waals surface area contributed by atoms with Gasteiger partial charge in [0, 0.05) is 42.9 Å². The summed E-state index contributed by atoms with van der Waals surface area (Å²) in [5.41, 5.74) is 2.01. The lowest BCUT2D eigenvalue weighted by atomic mass is 10.2. The van der Waals surface area contributed by atoms with Gasteiger partial charge in [0.1, 0.15) is 11.3 Å². The third kappa shape index (κ3) is 4.65. The Hall–Kier alpha value is -4.05. The van der Waals surface area contributed by atoms with Crippen molar-refractivity contribution in [1.29, 1.82) is 0 Å². The number of pyridine rings is 2. The van der Waals surface area contributed by atoms with Gasteiger partial charge in [0.2, 0.25) is 0 Å². The number of hydrogen-bond acceptors (Lipinski definition) is 6. The van der Waals surface area contributed by atoms with Crippen LogP contribution in [0.25, 0.3) is 22.3 Å². The molecule has 4 aromatic heterocycles. The van der Waals surface area contributed by atoms with E-state index in [2.05, 4.69) is 15.0 Å². The van der Waals surface area contributed by atoms with Crippen LogP contribution in [0.1, 0.15) is 37.0 Å². The highest BCUT2D eigenvalue weighted by Crippen LogP contribution is 2.24. The Morgan fingerprint density at radius 3 is 2.49 bits per heavy atom. The van der Waals surface area contributed by atoms with Crippen LogP contribution in [0.5, 0.6) is 0 Å². The van der Waals surface area contributed by atoms with Crippen molar-refractivity contribution in [2.24, 2.45) is 0 Å². The van der Waals surface area contributed by atoms with Gasteiger partial charge in [-0.3, -0.25) is 28.6 Å². The largest absolute Gasteiger partial charge is 0.395 e. The van der Waals surface area contributed by atoms with Crippen LogP contribution >= 0.6 is 0 Å². The zero-order valence-corrected chi connectivity index (χ0v) is 19.8. The first-order valence-corrected chi connectivity index (χ1v) is 11.7. The van der Waals surface area contributed by atoms with Crippen LogP contribution in [0.15, 0.2) is 58.5 Å². The van der Waals surface area contributed by atoms with E-state index in [1.165, 1.54) is 15.7 Å². The standard InChI is InChI=1S/C25H28N6O4/c1-3-10-29-20-14-19(28-22(20)24(34)31(11-4-2)25(29)35)17-7-8-21(27-16-17)30(12-13-32)23(33)18-6-5-9-26-15-18/h5-9,14-16,28,32H,3-4,10-13H2,1-2H3. The third-order valence-corrected chi connectivity index (χ3v) is 5.72. The molecule has 4 rings (SSSR count). The van der Waals surface area contributed by atoms with Gasteiger partial charge in [0.15, 0.2) is 0 Å². The number of rotatable bonds is 9. The zero-order chi connectivity index (χ0) is 24.9. The monoisotopic (exact) mass is 476 g/mol. The third-order valence-electron chi connectivity index (χ3n) is 5.72. The normalized spacial score (nSPS) is 11.2. The van der Waals surface area contributed by atoms with E-state index in [1.807, 2.05) is 13.8 Å². The highest BCUT2D eigenvalue weighted by Gasteiger charge is 2.20. The number of aromatic nitrogens is 5. The number of aromatic amines is 1. The Morgan fingerprint density at radius 1 is 1.09 bits per heavy atom. The molecule has 0 aliphatic carbocycles. The highest BCUT2D eigenvalue weighted by atomic mass is 16.3. The van der Waals surface area contributed by atoms with Crippen LogP contribution in [0.2, 0.25) is 0 Å². The average Bonchev–Trinajstić information content (AvgIpc) is 3.33. The number of hydrogen-bond donors (Lipinski definition) is 2. The Morgan fingerprint density at radius 2 is 1.86 bits per heavy atom. The summed E-state index contributed by atoms with van der Waals surface area (Å²) in [5, 5.41) is 9.48. The second-order valence-corrected chi connectivity index (χ2v) is 8.16. The topological polar surface area (TPSA) is 126 Å². The Balaban J connectivity index is 1.73. The molecule has 0 saturated carbocycles. The lowest BCUT2D eigenvalue weighted by molar-refractivity contribution is 0.0980. The van der Waals surface area contributed by atoms with Crippen LogP contribution in [-0.2, 0) is 13.1 Å².